The Morgan fingerprint density at radius 3 is 2.95 bits per heavy atom. The van der Waals surface area contributed by atoms with Gasteiger partial charge >= 0.3 is 0 Å². The topological polar surface area (TPSA) is 64.4 Å². The van der Waals surface area contributed by atoms with E-state index in [2.05, 4.69) is 10.5 Å². The number of hydrogen-bond acceptors (Lipinski definition) is 4. The monoisotopic (exact) mass is 272 g/mol. The number of carbonyl (C=O) groups is 1. The summed E-state index contributed by atoms with van der Waals surface area (Å²) in [6.45, 7) is 0. The maximum atomic E-state index is 12.3. The van der Waals surface area contributed by atoms with E-state index in [9.17, 15) is 4.79 Å². The van der Waals surface area contributed by atoms with E-state index in [0.717, 1.165) is 37.0 Å². The van der Waals surface area contributed by atoms with E-state index in [1.165, 1.54) is 0 Å². The minimum Gasteiger partial charge on any atom is -0.495 e. The first kappa shape index (κ1) is 12.7. The van der Waals surface area contributed by atoms with Crippen molar-refractivity contribution in [3.05, 3.63) is 41.3 Å². The van der Waals surface area contributed by atoms with Gasteiger partial charge in [0.05, 0.1) is 12.8 Å². The standard InChI is InChI=1S/C15H16N2O3/c1-19-13-9-5-3-7-11(13)16-15(18)14-10-6-2-4-8-12(10)20-17-14/h3,5,7,9H,2,4,6,8H2,1H3,(H,16,18). The maximum absolute atomic E-state index is 12.3. The lowest BCUT2D eigenvalue weighted by Crippen LogP contribution is -2.16. The second-order valence-corrected chi connectivity index (χ2v) is 4.79. The third-order valence-corrected chi connectivity index (χ3v) is 3.52. The fourth-order valence-electron chi connectivity index (χ4n) is 2.49. The van der Waals surface area contributed by atoms with Gasteiger partial charge in [0.2, 0.25) is 0 Å². The minimum absolute atomic E-state index is 0.249. The Kier molecular flexibility index (Phi) is 3.41. The summed E-state index contributed by atoms with van der Waals surface area (Å²) in [7, 11) is 1.57. The van der Waals surface area contributed by atoms with Gasteiger partial charge in [-0.1, -0.05) is 17.3 Å². The Balaban J connectivity index is 1.85. The SMILES string of the molecule is COc1ccccc1NC(=O)c1noc2c1CCCC2. The average Bonchev–Trinajstić information content (AvgIpc) is 2.92. The molecule has 0 spiro atoms. The lowest BCUT2D eigenvalue weighted by atomic mass is 9.96. The molecule has 5 nitrogen and oxygen atoms in total. The summed E-state index contributed by atoms with van der Waals surface area (Å²) < 4.78 is 10.5. The van der Waals surface area contributed by atoms with Crippen molar-refractivity contribution in [3.8, 4) is 5.75 Å². The maximum Gasteiger partial charge on any atom is 0.278 e. The molecule has 0 fully saturated rings. The Morgan fingerprint density at radius 2 is 2.10 bits per heavy atom. The molecule has 0 bridgehead atoms. The summed E-state index contributed by atoms with van der Waals surface area (Å²) in [6.07, 6.45) is 3.89. The van der Waals surface area contributed by atoms with Gasteiger partial charge in [-0.3, -0.25) is 4.79 Å². The van der Waals surface area contributed by atoms with E-state index in [4.69, 9.17) is 9.26 Å². The van der Waals surface area contributed by atoms with E-state index in [-0.39, 0.29) is 5.91 Å². The highest BCUT2D eigenvalue weighted by Crippen LogP contribution is 2.27. The molecule has 0 saturated carbocycles. The van der Waals surface area contributed by atoms with Gasteiger partial charge in [0.25, 0.3) is 5.91 Å². The fraction of sp³-hybridized carbons (Fsp3) is 0.333. The molecule has 0 saturated heterocycles. The van der Waals surface area contributed by atoms with Crippen LogP contribution in [-0.2, 0) is 12.8 Å². The zero-order valence-electron chi connectivity index (χ0n) is 11.3. The zero-order chi connectivity index (χ0) is 13.9. The number of rotatable bonds is 3. The van der Waals surface area contributed by atoms with Gasteiger partial charge < -0.3 is 14.6 Å². The smallest absolute Gasteiger partial charge is 0.278 e. The molecule has 20 heavy (non-hydrogen) atoms. The molecule has 3 rings (SSSR count). The minimum atomic E-state index is -0.249. The van der Waals surface area contributed by atoms with Crippen LogP contribution in [0.3, 0.4) is 0 Å². The number of anilines is 1. The number of ether oxygens (including phenoxy) is 1. The number of nitrogens with zero attached hydrogens (tertiary/aromatic N) is 1. The normalized spacial score (nSPS) is 13.7. The van der Waals surface area contributed by atoms with Crippen LogP contribution in [0.5, 0.6) is 5.75 Å². The first-order chi connectivity index (χ1) is 9.79. The van der Waals surface area contributed by atoms with Gasteiger partial charge in [-0.2, -0.15) is 0 Å². The molecule has 104 valence electrons. The Bertz CT molecular complexity index is 634. The number of carbonyl (C=O) groups excluding carboxylic acids is 1. The molecule has 5 heteroatoms. The highest BCUT2D eigenvalue weighted by molar-refractivity contribution is 6.04. The van der Waals surface area contributed by atoms with E-state index in [1.54, 1.807) is 19.2 Å². The number of hydrogen-bond donors (Lipinski definition) is 1. The van der Waals surface area contributed by atoms with Gasteiger partial charge in [-0.05, 0) is 31.4 Å². The summed E-state index contributed by atoms with van der Waals surface area (Å²) in [5.41, 5.74) is 1.97. The highest BCUT2D eigenvalue weighted by Gasteiger charge is 2.24. The lowest BCUT2D eigenvalue weighted by molar-refractivity contribution is 0.101. The fourth-order valence-corrected chi connectivity index (χ4v) is 2.49. The van der Waals surface area contributed by atoms with Crippen LogP contribution in [0, 0.1) is 0 Å². The molecule has 0 aliphatic heterocycles. The lowest BCUT2D eigenvalue weighted by Gasteiger charge is -2.11. The molecule has 1 aromatic carbocycles. The number of fused-ring (bicyclic) bond motifs is 1. The van der Waals surface area contributed by atoms with Crippen molar-refractivity contribution in [3.63, 3.8) is 0 Å². The van der Waals surface area contributed by atoms with Crippen LogP contribution in [0.4, 0.5) is 5.69 Å². The molecule has 1 aromatic heterocycles. The third-order valence-electron chi connectivity index (χ3n) is 3.52. The highest BCUT2D eigenvalue weighted by atomic mass is 16.5. The number of methoxy groups -OCH3 is 1. The number of amides is 1. The van der Waals surface area contributed by atoms with Crippen LogP contribution < -0.4 is 10.1 Å². The molecule has 2 aromatic rings. The third kappa shape index (κ3) is 2.27. The summed E-state index contributed by atoms with van der Waals surface area (Å²) in [4.78, 5) is 12.3. The molecule has 1 N–H and O–H groups in total. The van der Waals surface area contributed by atoms with Crippen molar-refractivity contribution in [2.24, 2.45) is 0 Å². The first-order valence-corrected chi connectivity index (χ1v) is 6.71. The quantitative estimate of drug-likeness (QED) is 0.933. The van der Waals surface area contributed by atoms with Crippen LogP contribution in [0.25, 0.3) is 0 Å². The van der Waals surface area contributed by atoms with Gasteiger partial charge in [0, 0.05) is 12.0 Å². The Morgan fingerprint density at radius 1 is 1.30 bits per heavy atom. The molecule has 0 radical (unpaired) electrons. The number of nitrogens with one attached hydrogen (secondary N) is 1. The van der Waals surface area contributed by atoms with E-state index < -0.39 is 0 Å². The van der Waals surface area contributed by atoms with Crippen LogP contribution >= 0.6 is 0 Å². The van der Waals surface area contributed by atoms with Gasteiger partial charge in [0.1, 0.15) is 11.5 Å². The largest absolute Gasteiger partial charge is 0.495 e. The van der Waals surface area contributed by atoms with E-state index in [0.29, 0.717) is 17.1 Å². The van der Waals surface area contributed by atoms with Crippen molar-refractivity contribution < 1.29 is 14.1 Å². The molecule has 0 unspecified atom stereocenters. The van der Waals surface area contributed by atoms with E-state index >= 15 is 0 Å². The first-order valence-electron chi connectivity index (χ1n) is 6.71. The molecule has 0 atom stereocenters. The van der Waals surface area contributed by atoms with Crippen LogP contribution in [0.2, 0.25) is 0 Å². The van der Waals surface area contributed by atoms with Crippen LogP contribution in [0.15, 0.2) is 28.8 Å². The second kappa shape index (κ2) is 5.36. The molecular formula is C15H16N2O3. The van der Waals surface area contributed by atoms with Gasteiger partial charge in [-0.25, -0.2) is 0 Å². The Labute approximate surface area is 116 Å². The molecule has 1 heterocycles. The summed E-state index contributed by atoms with van der Waals surface area (Å²) >= 11 is 0. The van der Waals surface area contributed by atoms with Crippen LogP contribution in [-0.4, -0.2) is 18.2 Å². The molecule has 1 amide bonds. The van der Waals surface area contributed by atoms with E-state index in [1.807, 2.05) is 12.1 Å². The number of aryl methyl sites for hydroxylation is 1. The second-order valence-electron chi connectivity index (χ2n) is 4.79. The number of para-hydroxylation sites is 2. The van der Waals surface area contributed by atoms with Crippen molar-refractivity contribution in [2.75, 3.05) is 12.4 Å². The van der Waals surface area contributed by atoms with Crippen molar-refractivity contribution >= 4 is 11.6 Å². The van der Waals surface area contributed by atoms with Crippen LogP contribution in [0.1, 0.15) is 34.7 Å². The Hall–Kier alpha value is -2.30. The predicted molar refractivity (Wildman–Crippen MR) is 74.1 cm³/mol. The summed E-state index contributed by atoms with van der Waals surface area (Å²) in [5.74, 6) is 1.22. The molecule has 1 aliphatic rings. The zero-order valence-corrected chi connectivity index (χ0v) is 11.3. The molecule has 1 aliphatic carbocycles. The molecular weight excluding hydrogens is 256 g/mol. The number of aromatic nitrogens is 1. The van der Waals surface area contributed by atoms with Crippen molar-refractivity contribution in [2.45, 2.75) is 25.7 Å². The van der Waals surface area contributed by atoms with Gasteiger partial charge in [0.15, 0.2) is 5.69 Å². The van der Waals surface area contributed by atoms with Gasteiger partial charge in [-0.15, -0.1) is 0 Å². The predicted octanol–water partition coefficient (Wildman–Crippen LogP) is 2.81. The van der Waals surface area contributed by atoms with Crippen molar-refractivity contribution in [1.82, 2.24) is 5.16 Å². The average molecular weight is 272 g/mol. The van der Waals surface area contributed by atoms with Crippen molar-refractivity contribution in [1.29, 1.82) is 0 Å². The summed E-state index contributed by atoms with van der Waals surface area (Å²) in [5, 5.41) is 6.75. The number of benzene rings is 1. The summed E-state index contributed by atoms with van der Waals surface area (Å²) in [6, 6.07) is 7.29.